The van der Waals surface area contributed by atoms with Crippen LogP contribution in [0.4, 0.5) is 0 Å². The van der Waals surface area contributed by atoms with Gasteiger partial charge in [-0.15, -0.1) is 0 Å². The Morgan fingerprint density at radius 2 is 2.20 bits per heavy atom. The number of oxazole rings is 1. The second-order valence-electron chi connectivity index (χ2n) is 6.82. The van der Waals surface area contributed by atoms with Crippen LogP contribution in [0.3, 0.4) is 0 Å². The number of carbonyl (C=O) groups is 1. The summed E-state index contributed by atoms with van der Waals surface area (Å²) in [6.07, 6.45) is 5.25. The Balaban J connectivity index is 1.47. The number of benzene rings is 1. The molecular formula is C20H26N2O3. The Bertz CT molecular complexity index is 681. The summed E-state index contributed by atoms with van der Waals surface area (Å²) in [5.74, 6) is 1.81. The van der Waals surface area contributed by atoms with Gasteiger partial charge in [0.1, 0.15) is 0 Å². The zero-order valence-electron chi connectivity index (χ0n) is 14.7. The van der Waals surface area contributed by atoms with Gasteiger partial charge in [0.25, 0.3) is 0 Å². The fourth-order valence-electron chi connectivity index (χ4n) is 3.34. The van der Waals surface area contributed by atoms with E-state index in [2.05, 4.69) is 4.98 Å². The Hall–Kier alpha value is -2.14. The van der Waals surface area contributed by atoms with E-state index >= 15 is 0 Å². The average Bonchev–Trinajstić information content (AvgIpc) is 3.11. The molecule has 1 aliphatic rings. The van der Waals surface area contributed by atoms with E-state index in [1.165, 1.54) is 0 Å². The predicted molar refractivity (Wildman–Crippen MR) is 95.9 cm³/mol. The van der Waals surface area contributed by atoms with Crippen molar-refractivity contribution in [2.75, 3.05) is 13.1 Å². The van der Waals surface area contributed by atoms with Crippen molar-refractivity contribution in [3.05, 3.63) is 42.4 Å². The molecule has 1 aromatic carbocycles. The summed E-state index contributed by atoms with van der Waals surface area (Å²) >= 11 is 0. The van der Waals surface area contributed by atoms with Crippen molar-refractivity contribution in [3.8, 4) is 11.3 Å². The third-order valence-corrected chi connectivity index (χ3v) is 4.89. The normalized spacial score (nSPS) is 19.0. The summed E-state index contributed by atoms with van der Waals surface area (Å²) in [6, 6.07) is 9.88. The molecule has 1 N–H and O–H groups in total. The fourth-order valence-corrected chi connectivity index (χ4v) is 3.34. The number of hydrogen-bond acceptors (Lipinski definition) is 4. The van der Waals surface area contributed by atoms with Crippen LogP contribution in [0.5, 0.6) is 0 Å². The van der Waals surface area contributed by atoms with Crippen molar-refractivity contribution in [1.82, 2.24) is 9.88 Å². The third kappa shape index (κ3) is 4.69. The van der Waals surface area contributed by atoms with Gasteiger partial charge >= 0.3 is 0 Å². The van der Waals surface area contributed by atoms with E-state index in [1.54, 1.807) is 6.20 Å². The van der Waals surface area contributed by atoms with Gasteiger partial charge in [0.05, 0.1) is 12.3 Å². The summed E-state index contributed by atoms with van der Waals surface area (Å²) in [4.78, 5) is 18.6. The van der Waals surface area contributed by atoms with E-state index < -0.39 is 0 Å². The van der Waals surface area contributed by atoms with E-state index in [-0.39, 0.29) is 17.9 Å². The second-order valence-corrected chi connectivity index (χ2v) is 6.82. The van der Waals surface area contributed by atoms with Gasteiger partial charge in [-0.25, -0.2) is 4.98 Å². The van der Waals surface area contributed by atoms with E-state index in [0.29, 0.717) is 25.3 Å². The standard InChI is InChI=1S/C20H26N2O3/c1-15(23)17-9-6-12-22(14-17)20(24)11-5-10-19-21-13-18(25-19)16-7-3-2-4-8-16/h2-4,7-8,13,15,17,23H,5-6,9-12,14H2,1H3. The van der Waals surface area contributed by atoms with Crippen molar-refractivity contribution >= 4 is 5.91 Å². The SMILES string of the molecule is CC(O)C1CCCN(C(=O)CCCc2ncc(-c3ccccc3)o2)C1. The van der Waals surface area contributed by atoms with Crippen LogP contribution < -0.4 is 0 Å². The predicted octanol–water partition coefficient (Wildman–Crippen LogP) is 3.28. The summed E-state index contributed by atoms with van der Waals surface area (Å²) in [7, 11) is 0. The van der Waals surface area contributed by atoms with Crippen LogP contribution in [0.25, 0.3) is 11.3 Å². The first-order valence-corrected chi connectivity index (χ1v) is 9.09. The first kappa shape index (κ1) is 17.7. The number of nitrogens with zero attached hydrogens (tertiary/aromatic N) is 2. The van der Waals surface area contributed by atoms with Crippen LogP contribution in [0.15, 0.2) is 40.9 Å². The highest BCUT2D eigenvalue weighted by molar-refractivity contribution is 5.76. The molecule has 1 aromatic heterocycles. The number of amides is 1. The van der Waals surface area contributed by atoms with Gasteiger partial charge in [-0.2, -0.15) is 0 Å². The number of aryl methyl sites for hydroxylation is 1. The lowest BCUT2D eigenvalue weighted by atomic mass is 9.93. The lowest BCUT2D eigenvalue weighted by Gasteiger charge is -2.34. The zero-order valence-corrected chi connectivity index (χ0v) is 14.7. The Kier molecular flexibility index (Phi) is 5.87. The van der Waals surface area contributed by atoms with Gasteiger partial charge in [-0.1, -0.05) is 30.3 Å². The number of aliphatic hydroxyl groups excluding tert-OH is 1. The van der Waals surface area contributed by atoms with Crippen molar-refractivity contribution in [1.29, 1.82) is 0 Å². The largest absolute Gasteiger partial charge is 0.441 e. The van der Waals surface area contributed by atoms with Gasteiger partial charge in [0, 0.05) is 37.4 Å². The topological polar surface area (TPSA) is 66.6 Å². The van der Waals surface area contributed by atoms with Crippen LogP contribution in [-0.4, -0.2) is 40.1 Å². The molecule has 2 aromatic rings. The molecule has 25 heavy (non-hydrogen) atoms. The van der Waals surface area contributed by atoms with Gasteiger partial charge in [0.15, 0.2) is 11.7 Å². The van der Waals surface area contributed by atoms with Crippen molar-refractivity contribution in [2.45, 2.75) is 45.1 Å². The van der Waals surface area contributed by atoms with E-state index in [0.717, 1.165) is 37.1 Å². The van der Waals surface area contributed by atoms with Crippen molar-refractivity contribution in [3.63, 3.8) is 0 Å². The van der Waals surface area contributed by atoms with Crippen molar-refractivity contribution < 1.29 is 14.3 Å². The molecule has 0 saturated carbocycles. The van der Waals surface area contributed by atoms with Crippen LogP contribution in [0, 0.1) is 5.92 Å². The molecule has 2 heterocycles. The molecule has 2 atom stereocenters. The highest BCUT2D eigenvalue weighted by Crippen LogP contribution is 2.22. The Labute approximate surface area is 148 Å². The van der Waals surface area contributed by atoms with E-state index in [4.69, 9.17) is 4.42 Å². The van der Waals surface area contributed by atoms with Crippen molar-refractivity contribution in [2.24, 2.45) is 5.92 Å². The number of hydrogen-bond donors (Lipinski definition) is 1. The van der Waals surface area contributed by atoms with Gasteiger partial charge < -0.3 is 14.4 Å². The molecular weight excluding hydrogens is 316 g/mol. The number of rotatable bonds is 6. The fraction of sp³-hybridized carbons (Fsp3) is 0.500. The lowest BCUT2D eigenvalue weighted by molar-refractivity contribution is -0.133. The molecule has 3 rings (SSSR count). The molecule has 5 heteroatoms. The summed E-state index contributed by atoms with van der Waals surface area (Å²) < 4.78 is 5.78. The molecule has 1 amide bonds. The summed E-state index contributed by atoms with van der Waals surface area (Å²) in [6.45, 7) is 3.29. The second kappa shape index (κ2) is 8.30. The van der Waals surface area contributed by atoms with E-state index in [1.807, 2.05) is 42.2 Å². The lowest BCUT2D eigenvalue weighted by Crippen LogP contribution is -2.42. The monoisotopic (exact) mass is 342 g/mol. The average molecular weight is 342 g/mol. The maximum atomic E-state index is 12.4. The number of piperidine rings is 1. The molecule has 1 fully saturated rings. The highest BCUT2D eigenvalue weighted by Gasteiger charge is 2.26. The van der Waals surface area contributed by atoms with Gasteiger partial charge in [-0.3, -0.25) is 4.79 Å². The molecule has 2 unspecified atom stereocenters. The van der Waals surface area contributed by atoms with Gasteiger partial charge in [0.2, 0.25) is 5.91 Å². The Morgan fingerprint density at radius 1 is 1.40 bits per heavy atom. The third-order valence-electron chi connectivity index (χ3n) is 4.89. The number of aliphatic hydroxyl groups is 1. The minimum atomic E-state index is -0.348. The summed E-state index contributed by atoms with van der Waals surface area (Å²) in [5, 5.41) is 9.74. The molecule has 5 nitrogen and oxygen atoms in total. The molecule has 0 radical (unpaired) electrons. The van der Waals surface area contributed by atoms with Crippen LogP contribution in [-0.2, 0) is 11.2 Å². The van der Waals surface area contributed by atoms with Crippen LogP contribution in [0.1, 0.15) is 38.5 Å². The molecule has 134 valence electrons. The molecule has 0 aliphatic carbocycles. The summed E-state index contributed by atoms with van der Waals surface area (Å²) in [5.41, 5.74) is 1.01. The molecule has 0 bridgehead atoms. The van der Waals surface area contributed by atoms with Crippen LogP contribution >= 0.6 is 0 Å². The maximum absolute atomic E-state index is 12.4. The first-order valence-electron chi connectivity index (χ1n) is 9.09. The smallest absolute Gasteiger partial charge is 0.222 e. The van der Waals surface area contributed by atoms with Crippen LogP contribution in [0.2, 0.25) is 0 Å². The first-order chi connectivity index (χ1) is 12.1. The van der Waals surface area contributed by atoms with Gasteiger partial charge in [-0.05, 0) is 26.2 Å². The number of aromatic nitrogens is 1. The maximum Gasteiger partial charge on any atom is 0.222 e. The molecule has 1 aliphatic heterocycles. The minimum absolute atomic E-state index is 0.167. The zero-order chi connectivity index (χ0) is 17.6. The number of carbonyl (C=O) groups excluding carboxylic acids is 1. The van der Waals surface area contributed by atoms with E-state index in [9.17, 15) is 9.90 Å². The Morgan fingerprint density at radius 3 is 2.96 bits per heavy atom. The molecule has 0 spiro atoms. The molecule has 1 saturated heterocycles. The highest BCUT2D eigenvalue weighted by atomic mass is 16.4. The number of likely N-dealkylation sites (tertiary alicyclic amines) is 1. The quantitative estimate of drug-likeness (QED) is 0.875. The minimum Gasteiger partial charge on any atom is -0.441 e.